The number of nitrogens with one attached hydrogen (secondary N) is 1. The predicted molar refractivity (Wildman–Crippen MR) is 79.4 cm³/mol. The number of hydrogen-bond acceptors (Lipinski definition) is 6. The van der Waals surface area contributed by atoms with Crippen LogP contribution in [0.4, 0.5) is 4.79 Å². The molecule has 2 N–H and O–H groups in total. The van der Waals surface area contributed by atoms with E-state index in [1.54, 1.807) is 12.1 Å². The number of hydrogen-bond donors (Lipinski definition) is 2. The maximum absolute atomic E-state index is 11.7. The van der Waals surface area contributed by atoms with Crippen molar-refractivity contribution in [1.82, 2.24) is 10.4 Å². The molecule has 126 valence electrons. The highest BCUT2D eigenvalue weighted by atomic mass is 16.6. The fraction of sp³-hybridized carbons (Fsp3) is 0.400. The van der Waals surface area contributed by atoms with Crippen molar-refractivity contribution in [3.63, 3.8) is 0 Å². The van der Waals surface area contributed by atoms with E-state index in [1.807, 2.05) is 18.2 Å². The van der Waals surface area contributed by atoms with Gasteiger partial charge in [0.25, 0.3) is 0 Å². The number of hydroxylamine groups is 2. The van der Waals surface area contributed by atoms with Gasteiger partial charge in [-0.25, -0.2) is 14.7 Å². The van der Waals surface area contributed by atoms with Crippen LogP contribution in [-0.4, -0.2) is 48.4 Å². The lowest BCUT2D eigenvalue weighted by Crippen LogP contribution is -2.42. The second-order valence-electron chi connectivity index (χ2n) is 4.69. The molecule has 8 nitrogen and oxygen atoms in total. The molecule has 0 saturated heterocycles. The Morgan fingerprint density at radius 1 is 1.35 bits per heavy atom. The lowest BCUT2D eigenvalue weighted by atomic mass is 10.1. The molecule has 2 amide bonds. The molecule has 0 aliphatic carbocycles. The minimum atomic E-state index is -0.914. The van der Waals surface area contributed by atoms with E-state index < -0.39 is 18.1 Å². The predicted octanol–water partition coefficient (Wildman–Crippen LogP) is 1.08. The Bertz CT molecular complexity index is 508. The number of amides is 2. The minimum absolute atomic E-state index is 0.0394. The van der Waals surface area contributed by atoms with E-state index in [1.165, 1.54) is 7.11 Å². The second kappa shape index (κ2) is 10.2. The van der Waals surface area contributed by atoms with Gasteiger partial charge in [0, 0.05) is 6.54 Å². The van der Waals surface area contributed by atoms with Crippen LogP contribution >= 0.6 is 0 Å². The smallest absolute Gasteiger partial charge is 0.408 e. The zero-order valence-electron chi connectivity index (χ0n) is 12.8. The number of rotatable bonds is 9. The molecule has 1 rings (SSSR count). The summed E-state index contributed by atoms with van der Waals surface area (Å²) in [6, 6.07) is 8.19. The zero-order valence-corrected chi connectivity index (χ0v) is 12.8. The lowest BCUT2D eigenvalue weighted by molar-refractivity contribution is -0.150. The first-order valence-electron chi connectivity index (χ1n) is 7.02. The van der Waals surface area contributed by atoms with Crippen molar-refractivity contribution >= 4 is 18.5 Å². The van der Waals surface area contributed by atoms with Gasteiger partial charge in [0.1, 0.15) is 12.6 Å². The van der Waals surface area contributed by atoms with Gasteiger partial charge in [0.2, 0.25) is 6.41 Å². The second-order valence-corrected chi connectivity index (χ2v) is 4.69. The van der Waals surface area contributed by atoms with Crippen LogP contribution in [0.2, 0.25) is 0 Å². The molecule has 0 saturated carbocycles. The summed E-state index contributed by atoms with van der Waals surface area (Å²) >= 11 is 0. The average molecular weight is 324 g/mol. The van der Waals surface area contributed by atoms with Crippen LogP contribution in [-0.2, 0) is 25.7 Å². The highest BCUT2D eigenvalue weighted by molar-refractivity contribution is 5.81. The van der Waals surface area contributed by atoms with Crippen LogP contribution in [0.3, 0.4) is 0 Å². The monoisotopic (exact) mass is 324 g/mol. The summed E-state index contributed by atoms with van der Waals surface area (Å²) in [5, 5.41) is 11.9. The van der Waals surface area contributed by atoms with Gasteiger partial charge in [-0.1, -0.05) is 30.3 Å². The van der Waals surface area contributed by atoms with Gasteiger partial charge in [-0.05, 0) is 18.4 Å². The standard InChI is InChI=1S/C15H20N2O6/c1-22-14(19)13(8-5-9-17(21)11-18)16-15(20)23-10-12-6-3-2-4-7-12/h2-4,6-7,11,13,21H,5,8-10H2,1H3,(H,16,20)/t13-/m1/s1. The summed E-state index contributed by atoms with van der Waals surface area (Å²) in [5.41, 5.74) is 0.819. The Morgan fingerprint density at radius 3 is 2.65 bits per heavy atom. The first-order chi connectivity index (χ1) is 11.1. The quantitative estimate of drug-likeness (QED) is 0.305. The van der Waals surface area contributed by atoms with E-state index in [2.05, 4.69) is 10.1 Å². The van der Waals surface area contributed by atoms with Crippen molar-refractivity contribution < 1.29 is 29.1 Å². The van der Waals surface area contributed by atoms with Gasteiger partial charge in [0.15, 0.2) is 0 Å². The molecule has 1 aromatic rings. The van der Waals surface area contributed by atoms with E-state index in [4.69, 9.17) is 9.94 Å². The first kappa shape index (κ1) is 18.4. The fourth-order valence-corrected chi connectivity index (χ4v) is 1.81. The molecule has 0 bridgehead atoms. The van der Waals surface area contributed by atoms with Crippen LogP contribution in [0.5, 0.6) is 0 Å². The van der Waals surface area contributed by atoms with Gasteiger partial charge in [0.05, 0.1) is 7.11 Å². The molecule has 0 aliphatic rings. The molecule has 0 aliphatic heterocycles. The van der Waals surface area contributed by atoms with Crippen molar-refractivity contribution in [3.8, 4) is 0 Å². The molecule has 1 aromatic carbocycles. The normalized spacial score (nSPS) is 11.2. The number of carbonyl (C=O) groups is 3. The van der Waals surface area contributed by atoms with Crippen molar-refractivity contribution in [2.45, 2.75) is 25.5 Å². The van der Waals surface area contributed by atoms with Gasteiger partial charge in [-0.2, -0.15) is 0 Å². The summed E-state index contributed by atoms with van der Waals surface area (Å²) in [5.74, 6) is -0.628. The van der Waals surface area contributed by atoms with Gasteiger partial charge in [-0.15, -0.1) is 0 Å². The summed E-state index contributed by atoms with van der Waals surface area (Å²) in [6.45, 7) is 0.119. The maximum Gasteiger partial charge on any atom is 0.408 e. The third-order valence-electron chi connectivity index (χ3n) is 2.99. The van der Waals surface area contributed by atoms with Crippen molar-refractivity contribution in [2.24, 2.45) is 0 Å². The largest absolute Gasteiger partial charge is 0.467 e. The first-order valence-corrected chi connectivity index (χ1v) is 7.02. The number of alkyl carbamates (subject to hydrolysis) is 1. The molecule has 23 heavy (non-hydrogen) atoms. The van der Waals surface area contributed by atoms with Crippen LogP contribution in [0.1, 0.15) is 18.4 Å². The molecule has 0 radical (unpaired) electrons. The lowest BCUT2D eigenvalue weighted by Gasteiger charge is -2.17. The Balaban J connectivity index is 2.43. The highest BCUT2D eigenvalue weighted by Gasteiger charge is 2.22. The van der Waals surface area contributed by atoms with Gasteiger partial charge < -0.3 is 14.8 Å². The molecule has 0 heterocycles. The summed E-state index contributed by atoms with van der Waals surface area (Å²) in [4.78, 5) is 33.6. The number of benzene rings is 1. The van der Waals surface area contributed by atoms with Crippen LogP contribution in [0.25, 0.3) is 0 Å². The molecule has 0 fully saturated rings. The summed E-state index contributed by atoms with van der Waals surface area (Å²) < 4.78 is 9.63. The Labute approximate surface area is 133 Å². The molecular formula is C15H20N2O6. The SMILES string of the molecule is COC(=O)[C@@H](CCCN(O)C=O)NC(=O)OCc1ccccc1. The minimum Gasteiger partial charge on any atom is -0.467 e. The summed E-state index contributed by atoms with van der Waals surface area (Å²) in [7, 11) is 1.20. The van der Waals surface area contributed by atoms with Crippen LogP contribution in [0.15, 0.2) is 30.3 Å². The Morgan fingerprint density at radius 2 is 2.04 bits per heavy atom. The molecule has 8 heteroatoms. The zero-order chi connectivity index (χ0) is 17.1. The van der Waals surface area contributed by atoms with Crippen molar-refractivity contribution in [3.05, 3.63) is 35.9 Å². The fourth-order valence-electron chi connectivity index (χ4n) is 1.81. The Kier molecular flexibility index (Phi) is 8.16. The highest BCUT2D eigenvalue weighted by Crippen LogP contribution is 2.04. The molecular weight excluding hydrogens is 304 g/mol. The van der Waals surface area contributed by atoms with E-state index in [9.17, 15) is 14.4 Å². The molecule has 0 unspecified atom stereocenters. The summed E-state index contributed by atoms with van der Waals surface area (Å²) in [6.07, 6.45) is 0.00114. The number of ether oxygens (including phenoxy) is 2. The number of nitrogens with zero attached hydrogens (tertiary/aromatic N) is 1. The molecule has 1 atom stereocenters. The number of carbonyl (C=O) groups excluding carboxylic acids is 3. The third kappa shape index (κ3) is 7.28. The van der Waals surface area contributed by atoms with Crippen molar-refractivity contribution in [1.29, 1.82) is 0 Å². The van der Waals surface area contributed by atoms with E-state index in [0.717, 1.165) is 5.56 Å². The van der Waals surface area contributed by atoms with E-state index in [0.29, 0.717) is 11.5 Å². The Hall–Kier alpha value is -2.61. The number of methoxy groups -OCH3 is 1. The number of esters is 1. The molecule has 0 spiro atoms. The molecule has 0 aromatic heterocycles. The van der Waals surface area contributed by atoms with E-state index in [-0.39, 0.29) is 26.0 Å². The van der Waals surface area contributed by atoms with Crippen LogP contribution in [0, 0.1) is 0 Å². The topological polar surface area (TPSA) is 105 Å². The average Bonchev–Trinajstić information content (AvgIpc) is 2.59. The van der Waals surface area contributed by atoms with E-state index >= 15 is 0 Å². The van der Waals surface area contributed by atoms with Gasteiger partial charge >= 0.3 is 12.1 Å². The van der Waals surface area contributed by atoms with Crippen LogP contribution < -0.4 is 5.32 Å². The third-order valence-corrected chi connectivity index (χ3v) is 2.99. The van der Waals surface area contributed by atoms with Crippen molar-refractivity contribution in [2.75, 3.05) is 13.7 Å². The maximum atomic E-state index is 11.7. The van der Waals surface area contributed by atoms with Gasteiger partial charge in [-0.3, -0.25) is 10.0 Å².